The van der Waals surface area contributed by atoms with E-state index < -0.39 is 0 Å². The van der Waals surface area contributed by atoms with Gasteiger partial charge in [0.25, 0.3) is 5.91 Å². The number of imidazole rings is 1. The van der Waals surface area contributed by atoms with E-state index in [1.54, 1.807) is 11.3 Å². The van der Waals surface area contributed by atoms with Gasteiger partial charge in [0.15, 0.2) is 0 Å². The summed E-state index contributed by atoms with van der Waals surface area (Å²) in [6, 6.07) is 12.4. The second kappa shape index (κ2) is 7.46. The Kier molecular flexibility index (Phi) is 4.89. The van der Waals surface area contributed by atoms with Gasteiger partial charge in [-0.1, -0.05) is 30.3 Å². The minimum absolute atomic E-state index is 0.153. The number of aromatic nitrogens is 2. The summed E-state index contributed by atoms with van der Waals surface area (Å²) in [6.45, 7) is 4.45. The monoisotopic (exact) mass is 365 g/mol. The van der Waals surface area contributed by atoms with Crippen molar-refractivity contribution in [1.82, 2.24) is 14.5 Å². The number of thiophene rings is 1. The molecule has 1 amide bonds. The van der Waals surface area contributed by atoms with Crippen LogP contribution in [0.3, 0.4) is 0 Å². The molecule has 1 atom stereocenters. The standard InChI is InChI=1S/C21H23N3OS/c1-16-12-19(15-26-16)21(25)24-10-5-8-18(14-24)20-22-9-11-23(20)13-17-6-3-2-4-7-17/h2-4,6-7,9,11-12,15,18H,5,8,10,13-14H2,1H3. The van der Waals surface area contributed by atoms with E-state index in [2.05, 4.69) is 33.8 Å². The predicted molar refractivity (Wildman–Crippen MR) is 105 cm³/mol. The van der Waals surface area contributed by atoms with Gasteiger partial charge in [0.2, 0.25) is 0 Å². The van der Waals surface area contributed by atoms with Crippen LogP contribution in [0.2, 0.25) is 0 Å². The summed E-state index contributed by atoms with van der Waals surface area (Å²) in [6.07, 6.45) is 6.03. The fraction of sp³-hybridized carbons (Fsp3) is 0.333. The molecule has 4 rings (SSSR count). The van der Waals surface area contributed by atoms with Crippen LogP contribution in [0.25, 0.3) is 0 Å². The molecular formula is C21H23N3OS. The van der Waals surface area contributed by atoms with Crippen LogP contribution in [0.4, 0.5) is 0 Å². The number of hydrogen-bond donors (Lipinski definition) is 0. The van der Waals surface area contributed by atoms with Crippen molar-refractivity contribution in [1.29, 1.82) is 0 Å². The minimum Gasteiger partial charge on any atom is -0.338 e. The molecule has 0 saturated carbocycles. The zero-order valence-corrected chi connectivity index (χ0v) is 15.8. The van der Waals surface area contributed by atoms with Gasteiger partial charge in [-0.2, -0.15) is 0 Å². The van der Waals surface area contributed by atoms with Crippen molar-refractivity contribution in [2.24, 2.45) is 0 Å². The average molecular weight is 366 g/mol. The Labute approximate surface area is 158 Å². The molecule has 0 bridgehead atoms. The quantitative estimate of drug-likeness (QED) is 0.690. The molecule has 1 aliphatic rings. The molecule has 3 heterocycles. The van der Waals surface area contributed by atoms with Crippen LogP contribution in [0.1, 0.15) is 45.4 Å². The minimum atomic E-state index is 0.153. The topological polar surface area (TPSA) is 38.1 Å². The predicted octanol–water partition coefficient (Wildman–Crippen LogP) is 4.32. The molecule has 4 nitrogen and oxygen atoms in total. The maximum atomic E-state index is 12.8. The Bertz CT molecular complexity index is 884. The lowest BCUT2D eigenvalue weighted by atomic mass is 9.96. The number of hydrogen-bond acceptors (Lipinski definition) is 3. The number of piperidine rings is 1. The Morgan fingerprint density at radius 2 is 2.15 bits per heavy atom. The molecular weight excluding hydrogens is 342 g/mol. The van der Waals surface area contributed by atoms with E-state index in [-0.39, 0.29) is 5.91 Å². The van der Waals surface area contributed by atoms with Crippen LogP contribution in [-0.4, -0.2) is 33.4 Å². The fourth-order valence-corrected chi connectivity index (χ4v) is 4.38. The summed E-state index contributed by atoms with van der Waals surface area (Å²) in [4.78, 5) is 20.6. The van der Waals surface area contributed by atoms with Crippen LogP contribution in [-0.2, 0) is 6.54 Å². The molecule has 2 aromatic heterocycles. The maximum Gasteiger partial charge on any atom is 0.254 e. The zero-order chi connectivity index (χ0) is 17.9. The van der Waals surface area contributed by atoms with Gasteiger partial charge in [0, 0.05) is 48.2 Å². The molecule has 1 fully saturated rings. The van der Waals surface area contributed by atoms with Crippen molar-refractivity contribution in [3.05, 3.63) is 76.0 Å². The number of nitrogens with zero attached hydrogens (tertiary/aromatic N) is 3. The highest BCUT2D eigenvalue weighted by molar-refractivity contribution is 7.10. The van der Waals surface area contributed by atoms with Crippen LogP contribution in [0.15, 0.2) is 54.2 Å². The molecule has 1 aliphatic heterocycles. The maximum absolute atomic E-state index is 12.8. The molecule has 134 valence electrons. The Morgan fingerprint density at radius 3 is 2.92 bits per heavy atom. The van der Waals surface area contributed by atoms with Crippen LogP contribution in [0.5, 0.6) is 0 Å². The molecule has 0 spiro atoms. The lowest BCUT2D eigenvalue weighted by Gasteiger charge is -2.32. The fourth-order valence-electron chi connectivity index (χ4n) is 3.70. The number of likely N-dealkylation sites (tertiary alicyclic amines) is 1. The average Bonchev–Trinajstić information content (AvgIpc) is 3.31. The Morgan fingerprint density at radius 1 is 1.31 bits per heavy atom. The van der Waals surface area contributed by atoms with E-state index in [1.165, 1.54) is 10.4 Å². The molecule has 0 aliphatic carbocycles. The van der Waals surface area contributed by atoms with Gasteiger partial charge in [-0.3, -0.25) is 4.79 Å². The first-order chi connectivity index (χ1) is 12.7. The Balaban J connectivity index is 1.50. The van der Waals surface area contributed by atoms with Gasteiger partial charge < -0.3 is 9.47 Å². The second-order valence-electron chi connectivity index (χ2n) is 6.94. The largest absolute Gasteiger partial charge is 0.338 e. The van der Waals surface area contributed by atoms with Crippen molar-refractivity contribution in [2.45, 2.75) is 32.2 Å². The molecule has 26 heavy (non-hydrogen) atoms. The lowest BCUT2D eigenvalue weighted by Crippen LogP contribution is -2.39. The number of amides is 1. The van der Waals surface area contributed by atoms with Crippen LogP contribution >= 0.6 is 11.3 Å². The highest BCUT2D eigenvalue weighted by atomic mass is 32.1. The first-order valence-corrected chi connectivity index (χ1v) is 9.98. The zero-order valence-electron chi connectivity index (χ0n) is 15.0. The Hall–Kier alpha value is -2.40. The summed E-state index contributed by atoms with van der Waals surface area (Å²) in [5.74, 6) is 1.54. The number of carbonyl (C=O) groups excluding carboxylic acids is 1. The van der Waals surface area contributed by atoms with E-state index in [9.17, 15) is 4.79 Å². The molecule has 0 N–H and O–H groups in total. The lowest BCUT2D eigenvalue weighted by molar-refractivity contribution is 0.0704. The summed E-state index contributed by atoms with van der Waals surface area (Å²) in [5, 5.41) is 1.97. The number of benzene rings is 1. The third-order valence-electron chi connectivity index (χ3n) is 4.99. The molecule has 1 unspecified atom stereocenters. The first kappa shape index (κ1) is 17.0. The molecule has 1 saturated heterocycles. The summed E-state index contributed by atoms with van der Waals surface area (Å²) in [5.41, 5.74) is 2.09. The van der Waals surface area contributed by atoms with Gasteiger partial charge in [-0.05, 0) is 31.4 Å². The van der Waals surface area contributed by atoms with E-state index in [0.717, 1.165) is 43.9 Å². The first-order valence-electron chi connectivity index (χ1n) is 9.10. The van der Waals surface area contributed by atoms with E-state index in [0.29, 0.717) is 5.92 Å². The van der Waals surface area contributed by atoms with E-state index in [4.69, 9.17) is 0 Å². The van der Waals surface area contributed by atoms with E-state index in [1.807, 2.05) is 41.7 Å². The van der Waals surface area contributed by atoms with Crippen molar-refractivity contribution >= 4 is 17.2 Å². The summed E-state index contributed by atoms with van der Waals surface area (Å²) >= 11 is 1.64. The SMILES string of the molecule is Cc1cc(C(=O)N2CCCC(c3nccn3Cc3ccccc3)C2)cs1. The van der Waals surface area contributed by atoms with Crippen LogP contribution in [0, 0.1) is 6.92 Å². The highest BCUT2D eigenvalue weighted by Gasteiger charge is 2.28. The van der Waals surface area contributed by atoms with Crippen molar-refractivity contribution in [3.8, 4) is 0 Å². The highest BCUT2D eigenvalue weighted by Crippen LogP contribution is 2.28. The van der Waals surface area contributed by atoms with Gasteiger partial charge in [0.05, 0.1) is 5.56 Å². The second-order valence-corrected chi connectivity index (χ2v) is 8.05. The molecule has 0 radical (unpaired) electrons. The van der Waals surface area contributed by atoms with Gasteiger partial charge in [-0.25, -0.2) is 4.98 Å². The van der Waals surface area contributed by atoms with Gasteiger partial charge in [0.1, 0.15) is 5.82 Å². The third-order valence-corrected chi connectivity index (χ3v) is 5.86. The molecule has 5 heteroatoms. The smallest absolute Gasteiger partial charge is 0.254 e. The number of rotatable bonds is 4. The third kappa shape index (κ3) is 3.58. The van der Waals surface area contributed by atoms with Crippen molar-refractivity contribution < 1.29 is 4.79 Å². The van der Waals surface area contributed by atoms with Gasteiger partial charge >= 0.3 is 0 Å². The normalized spacial score (nSPS) is 17.4. The molecule has 3 aromatic rings. The van der Waals surface area contributed by atoms with Crippen LogP contribution < -0.4 is 0 Å². The summed E-state index contributed by atoms with van der Waals surface area (Å²) in [7, 11) is 0. The van der Waals surface area contributed by atoms with Crippen molar-refractivity contribution in [3.63, 3.8) is 0 Å². The summed E-state index contributed by atoms with van der Waals surface area (Å²) < 4.78 is 2.22. The number of carbonyl (C=O) groups is 1. The van der Waals surface area contributed by atoms with Gasteiger partial charge in [-0.15, -0.1) is 11.3 Å². The van der Waals surface area contributed by atoms with Crippen molar-refractivity contribution in [2.75, 3.05) is 13.1 Å². The molecule has 1 aromatic carbocycles. The number of aryl methyl sites for hydroxylation is 1. The van der Waals surface area contributed by atoms with E-state index >= 15 is 0 Å².